The van der Waals surface area contributed by atoms with Gasteiger partial charge in [0.2, 0.25) is 0 Å². The number of allylic oxidation sites excluding steroid dienone is 8. The predicted octanol–water partition coefficient (Wildman–Crippen LogP) is -0.647. The van der Waals surface area contributed by atoms with Crippen molar-refractivity contribution in [2.45, 2.75) is 55.4 Å². The summed E-state index contributed by atoms with van der Waals surface area (Å²) in [5, 5.41) is 39.9. The van der Waals surface area contributed by atoms with Gasteiger partial charge in [-0.2, -0.15) is 0 Å². The van der Waals surface area contributed by atoms with Crippen LogP contribution in [0.15, 0.2) is 47.3 Å². The molecule has 0 aliphatic carbocycles. The Morgan fingerprint density at radius 3 is 0.500 bits per heavy atom. The summed E-state index contributed by atoms with van der Waals surface area (Å²) >= 11 is 0. The number of hydrogen-bond acceptors (Lipinski definition) is 8. The Hall–Kier alpha value is -1.73. The summed E-state index contributed by atoms with van der Waals surface area (Å²) in [4.78, 5) is 39.9. The molecule has 0 N–H and O–H groups in total. The van der Waals surface area contributed by atoms with Crippen LogP contribution in [0.4, 0.5) is 0 Å². The van der Waals surface area contributed by atoms with E-state index in [2.05, 4.69) is 0 Å². The summed E-state index contributed by atoms with van der Waals surface area (Å²) in [5.41, 5.74) is 0. The standard InChI is InChI=1S/4C5H8O2.2Ti/c4*1-4(6)3-5(2)7;;/h4*3,6H,1-2H3;;/q;;;;2*+2/p-4/b4*4-3-;;. The zero-order valence-corrected chi connectivity index (χ0v) is 21.7. The van der Waals surface area contributed by atoms with Crippen LogP contribution >= 0.6 is 0 Å². The Labute approximate surface area is 208 Å². The first kappa shape index (κ1) is 42.4. The fourth-order valence-electron chi connectivity index (χ4n) is 1.14. The normalized spacial score (nSPS) is 10.7. The van der Waals surface area contributed by atoms with Gasteiger partial charge in [-0.1, -0.05) is 27.7 Å². The number of hydrogen-bond donors (Lipinski definition) is 0. The molecular weight excluding hydrogens is 464 g/mol. The Bertz CT molecular complexity index is 517. The van der Waals surface area contributed by atoms with E-state index in [1.54, 1.807) is 0 Å². The molecule has 0 heterocycles. The van der Waals surface area contributed by atoms with Crippen molar-refractivity contribution in [1.82, 2.24) is 0 Å². The van der Waals surface area contributed by atoms with E-state index in [1.165, 1.54) is 55.4 Å². The molecule has 0 aliphatic heterocycles. The number of carbonyl (C=O) groups excluding carboxylic acids is 4. The summed E-state index contributed by atoms with van der Waals surface area (Å²) in [7, 11) is 0. The maximum atomic E-state index is 9.98. The molecule has 0 aromatic rings. The molecule has 0 aromatic heterocycles. The first-order chi connectivity index (χ1) is 12.5. The summed E-state index contributed by atoms with van der Waals surface area (Å²) in [6.45, 7) is 10.8. The van der Waals surface area contributed by atoms with Gasteiger partial charge in [-0.3, -0.25) is 19.2 Å². The van der Waals surface area contributed by atoms with E-state index >= 15 is 0 Å². The molecule has 0 aliphatic rings. The summed E-state index contributed by atoms with van der Waals surface area (Å²) in [6.07, 6.45) is 4.22. The van der Waals surface area contributed by atoms with Crippen molar-refractivity contribution in [2.24, 2.45) is 0 Å². The zero-order valence-electron chi connectivity index (χ0n) is 18.6. The molecule has 0 fully saturated rings. The van der Waals surface area contributed by atoms with Crippen molar-refractivity contribution >= 4 is 23.1 Å². The van der Waals surface area contributed by atoms with Crippen molar-refractivity contribution in [3.63, 3.8) is 0 Å². The monoisotopic (exact) mass is 492 g/mol. The van der Waals surface area contributed by atoms with Gasteiger partial charge in [0.25, 0.3) is 0 Å². The number of carbonyl (C=O) groups is 4. The van der Waals surface area contributed by atoms with Gasteiger partial charge >= 0.3 is 43.4 Å². The molecular formula is C20H28O8Ti2. The van der Waals surface area contributed by atoms with Gasteiger partial charge in [-0.15, -0.1) is 23.0 Å². The Morgan fingerprint density at radius 1 is 0.400 bits per heavy atom. The van der Waals surface area contributed by atoms with Crippen molar-refractivity contribution in [2.75, 3.05) is 0 Å². The van der Waals surface area contributed by atoms with Crippen molar-refractivity contribution in [1.29, 1.82) is 0 Å². The second kappa shape index (κ2) is 27.3. The minimum absolute atomic E-state index is 0. The molecule has 0 saturated heterocycles. The maximum Gasteiger partial charge on any atom is 2.00 e. The molecule has 0 saturated carbocycles. The number of rotatable bonds is 4. The van der Waals surface area contributed by atoms with Crippen LogP contribution in [-0.2, 0) is 62.6 Å². The van der Waals surface area contributed by atoms with Crippen LogP contribution in [0.1, 0.15) is 55.4 Å². The Morgan fingerprint density at radius 2 is 0.500 bits per heavy atom. The summed E-state index contributed by atoms with van der Waals surface area (Å²) in [5.74, 6) is -1.50. The quantitative estimate of drug-likeness (QED) is 0.284. The van der Waals surface area contributed by atoms with Crippen LogP contribution in [0.5, 0.6) is 0 Å². The van der Waals surface area contributed by atoms with Crippen LogP contribution in [0, 0.1) is 0 Å². The van der Waals surface area contributed by atoms with Crippen molar-refractivity contribution in [3.8, 4) is 0 Å². The van der Waals surface area contributed by atoms with Crippen LogP contribution in [0.25, 0.3) is 0 Å². The third-order valence-corrected chi connectivity index (χ3v) is 1.63. The van der Waals surface area contributed by atoms with E-state index in [0.717, 1.165) is 24.3 Å². The SMILES string of the molecule is CC(=O)/C=C(/C)[O-].CC(=O)/C=C(/C)[O-].CC(=O)/C=C(/C)[O-].CC(=O)/C=C(/C)[O-].[Ti+2].[Ti+2]. The van der Waals surface area contributed by atoms with Crippen LogP contribution in [-0.4, -0.2) is 23.1 Å². The number of ketones is 4. The molecule has 0 amide bonds. The predicted molar refractivity (Wildman–Crippen MR) is 97.8 cm³/mol. The minimum Gasteiger partial charge on any atom is -0.876 e. The Kier molecular flexibility index (Phi) is 38.5. The fraction of sp³-hybridized carbons (Fsp3) is 0.400. The molecule has 0 rings (SSSR count). The van der Waals surface area contributed by atoms with Crippen molar-refractivity contribution < 1.29 is 83.0 Å². The molecule has 30 heavy (non-hydrogen) atoms. The van der Waals surface area contributed by atoms with Crippen LogP contribution < -0.4 is 20.4 Å². The minimum atomic E-state index is -0.187. The van der Waals surface area contributed by atoms with E-state index in [4.69, 9.17) is 0 Å². The Balaban J connectivity index is -0.0000000626. The smallest absolute Gasteiger partial charge is 0.876 e. The summed E-state index contributed by atoms with van der Waals surface area (Å²) in [6, 6.07) is 0. The molecule has 164 valence electrons. The van der Waals surface area contributed by atoms with Gasteiger partial charge in [0, 0.05) is 0 Å². The topological polar surface area (TPSA) is 161 Å². The third kappa shape index (κ3) is 82.4. The van der Waals surface area contributed by atoms with E-state index in [0.29, 0.717) is 0 Å². The largest absolute Gasteiger partial charge is 2.00 e. The van der Waals surface area contributed by atoms with Crippen molar-refractivity contribution in [3.05, 3.63) is 47.3 Å². The second-order valence-corrected chi connectivity index (χ2v) is 5.46. The van der Waals surface area contributed by atoms with Gasteiger partial charge in [0.05, 0.1) is 0 Å². The van der Waals surface area contributed by atoms with E-state index in [9.17, 15) is 39.6 Å². The molecule has 0 bridgehead atoms. The first-order valence-electron chi connectivity index (χ1n) is 7.94. The molecule has 0 aromatic carbocycles. The fourth-order valence-corrected chi connectivity index (χ4v) is 1.14. The average molecular weight is 492 g/mol. The van der Waals surface area contributed by atoms with Gasteiger partial charge in [-0.05, 0) is 52.0 Å². The van der Waals surface area contributed by atoms with Crippen LogP contribution in [0.2, 0.25) is 0 Å². The molecule has 0 atom stereocenters. The van der Waals surface area contributed by atoms with Gasteiger partial charge in [0.1, 0.15) is 0 Å². The molecule has 0 unspecified atom stereocenters. The maximum absolute atomic E-state index is 9.98. The van der Waals surface area contributed by atoms with Gasteiger partial charge < -0.3 is 20.4 Å². The van der Waals surface area contributed by atoms with E-state index in [-0.39, 0.29) is 89.6 Å². The van der Waals surface area contributed by atoms with Crippen LogP contribution in [0.3, 0.4) is 0 Å². The molecule has 0 spiro atoms. The second-order valence-electron chi connectivity index (χ2n) is 5.46. The van der Waals surface area contributed by atoms with Gasteiger partial charge in [-0.25, -0.2) is 0 Å². The van der Waals surface area contributed by atoms with E-state index < -0.39 is 0 Å². The zero-order chi connectivity index (χ0) is 23.4. The first-order valence-corrected chi connectivity index (χ1v) is 7.94. The van der Waals surface area contributed by atoms with E-state index in [1.807, 2.05) is 0 Å². The molecule has 8 nitrogen and oxygen atoms in total. The molecule has 0 radical (unpaired) electrons. The van der Waals surface area contributed by atoms with Gasteiger partial charge in [0.15, 0.2) is 23.1 Å². The third-order valence-electron chi connectivity index (χ3n) is 1.63. The average Bonchev–Trinajstić information content (AvgIpc) is 2.32. The molecule has 10 heteroatoms. The summed E-state index contributed by atoms with van der Waals surface area (Å²) < 4.78 is 0.